The summed E-state index contributed by atoms with van der Waals surface area (Å²) >= 11 is 0. The molecule has 1 aromatic carbocycles. The van der Waals surface area contributed by atoms with Crippen LogP contribution >= 0.6 is 0 Å². The Morgan fingerprint density at radius 2 is 1.90 bits per heavy atom. The molecule has 0 aliphatic rings. The lowest BCUT2D eigenvalue weighted by Crippen LogP contribution is -2.17. The third kappa shape index (κ3) is 3.10. The first kappa shape index (κ1) is 15.2. The molecule has 3 N–H and O–H groups in total. The van der Waals surface area contributed by atoms with Crippen molar-refractivity contribution in [3.8, 4) is 0 Å². The maximum absolute atomic E-state index is 12.8. The highest BCUT2D eigenvalue weighted by Crippen LogP contribution is 2.35. The fourth-order valence-corrected chi connectivity index (χ4v) is 2.89. The minimum absolute atomic E-state index is 0.297. The van der Waals surface area contributed by atoms with E-state index in [4.69, 9.17) is 5.73 Å². The van der Waals surface area contributed by atoms with Crippen LogP contribution in [0.3, 0.4) is 0 Å². The van der Waals surface area contributed by atoms with Crippen molar-refractivity contribution < 1.29 is 21.6 Å². The van der Waals surface area contributed by atoms with E-state index in [0.29, 0.717) is 0 Å². The molecule has 0 unspecified atom stereocenters. The van der Waals surface area contributed by atoms with Gasteiger partial charge in [-0.05, 0) is 12.1 Å². The number of hydrogen-bond donors (Lipinski definition) is 2. The molecule has 114 valence electrons. The molecule has 21 heavy (non-hydrogen) atoms. The fourth-order valence-electron chi connectivity index (χ4n) is 1.71. The molecule has 0 saturated heterocycles. The number of benzene rings is 1. The van der Waals surface area contributed by atoms with Crippen molar-refractivity contribution in [1.29, 1.82) is 0 Å². The summed E-state index contributed by atoms with van der Waals surface area (Å²) in [4.78, 5) is -0.387. The molecule has 0 amide bonds. The first-order valence-corrected chi connectivity index (χ1v) is 7.08. The van der Waals surface area contributed by atoms with Gasteiger partial charge in [0, 0.05) is 13.2 Å². The molecule has 10 heteroatoms. The van der Waals surface area contributed by atoms with E-state index in [1.165, 1.54) is 19.2 Å². The number of nitrogen functional groups attached to an aromatic ring is 1. The van der Waals surface area contributed by atoms with Gasteiger partial charge in [-0.15, -0.1) is 0 Å². The first-order valence-electron chi connectivity index (χ1n) is 5.59. The van der Waals surface area contributed by atoms with E-state index in [0.717, 1.165) is 23.0 Å². The standard InChI is InChI=1S/C11H11F3N4O2S/c1-18-6-9(10(15)16-18)21(19,20)17-8-5-3-2-4-7(8)11(12,13)14/h2-6,17H,1H3,(H2,15,16). The van der Waals surface area contributed by atoms with Gasteiger partial charge in [-0.2, -0.15) is 18.3 Å². The number of anilines is 2. The second-order valence-corrected chi connectivity index (χ2v) is 5.85. The zero-order chi connectivity index (χ0) is 15.8. The summed E-state index contributed by atoms with van der Waals surface area (Å²) in [7, 11) is -2.82. The molecule has 0 saturated carbocycles. The number of nitrogens with one attached hydrogen (secondary N) is 1. The number of hydrogen-bond acceptors (Lipinski definition) is 4. The van der Waals surface area contributed by atoms with Crippen molar-refractivity contribution in [3.63, 3.8) is 0 Å². The molecule has 1 heterocycles. The minimum atomic E-state index is -4.68. The van der Waals surface area contributed by atoms with Gasteiger partial charge in [0.15, 0.2) is 5.82 Å². The van der Waals surface area contributed by atoms with E-state index in [2.05, 4.69) is 5.10 Å². The van der Waals surface area contributed by atoms with Gasteiger partial charge in [0.2, 0.25) is 0 Å². The maximum Gasteiger partial charge on any atom is 0.418 e. The van der Waals surface area contributed by atoms with Crippen LogP contribution in [0.15, 0.2) is 35.4 Å². The summed E-state index contributed by atoms with van der Waals surface area (Å²) in [5, 5.41) is 3.64. The van der Waals surface area contributed by atoms with Gasteiger partial charge < -0.3 is 5.73 Å². The molecule has 2 rings (SSSR count). The molecule has 0 radical (unpaired) electrons. The van der Waals surface area contributed by atoms with Crippen molar-refractivity contribution in [2.24, 2.45) is 7.05 Å². The molecule has 0 bridgehead atoms. The SMILES string of the molecule is Cn1cc(S(=O)(=O)Nc2ccccc2C(F)(F)F)c(N)n1. The first-order chi connectivity index (χ1) is 9.61. The lowest BCUT2D eigenvalue weighted by molar-refractivity contribution is -0.136. The Bertz CT molecular complexity index is 768. The Balaban J connectivity index is 2.45. The van der Waals surface area contributed by atoms with Crippen LogP contribution in [0, 0.1) is 0 Å². The van der Waals surface area contributed by atoms with Gasteiger partial charge in [0.25, 0.3) is 10.0 Å². The Hall–Kier alpha value is -2.23. The second kappa shape index (κ2) is 4.95. The van der Waals surface area contributed by atoms with E-state index in [1.807, 2.05) is 4.72 Å². The maximum atomic E-state index is 12.8. The van der Waals surface area contributed by atoms with Crippen LogP contribution in [-0.2, 0) is 23.2 Å². The van der Waals surface area contributed by atoms with Gasteiger partial charge in [-0.3, -0.25) is 9.40 Å². The van der Waals surface area contributed by atoms with Crippen LogP contribution in [0.25, 0.3) is 0 Å². The van der Waals surface area contributed by atoms with Gasteiger partial charge in [-0.25, -0.2) is 8.42 Å². The zero-order valence-electron chi connectivity index (χ0n) is 10.7. The number of rotatable bonds is 3. The summed E-state index contributed by atoms with van der Waals surface area (Å²) < 4.78 is 65.7. The van der Waals surface area contributed by atoms with Crippen LogP contribution in [0.4, 0.5) is 24.7 Å². The molecular weight excluding hydrogens is 309 g/mol. The molecule has 6 nitrogen and oxygen atoms in total. The molecule has 0 aliphatic heterocycles. The number of nitrogens with two attached hydrogens (primary N) is 1. The van der Waals surface area contributed by atoms with Gasteiger partial charge in [0.1, 0.15) is 4.90 Å². The number of halogens is 3. The number of para-hydroxylation sites is 1. The largest absolute Gasteiger partial charge is 0.418 e. The average molecular weight is 320 g/mol. The van der Waals surface area contributed by atoms with E-state index < -0.39 is 27.5 Å². The molecule has 0 atom stereocenters. The number of nitrogens with zero attached hydrogens (tertiary/aromatic N) is 2. The lowest BCUT2D eigenvalue weighted by atomic mass is 10.2. The van der Waals surface area contributed by atoms with E-state index >= 15 is 0 Å². The predicted molar refractivity (Wildman–Crippen MR) is 69.9 cm³/mol. The highest BCUT2D eigenvalue weighted by Gasteiger charge is 2.34. The molecule has 2 aromatic rings. The van der Waals surface area contributed by atoms with Crippen molar-refractivity contribution in [1.82, 2.24) is 9.78 Å². The molecular formula is C11H11F3N4O2S. The predicted octanol–water partition coefficient (Wildman–Crippen LogP) is 1.82. The van der Waals surface area contributed by atoms with Crippen LogP contribution < -0.4 is 10.5 Å². The van der Waals surface area contributed by atoms with Gasteiger partial charge in [0.05, 0.1) is 11.3 Å². The van der Waals surface area contributed by atoms with Crippen molar-refractivity contribution in [2.45, 2.75) is 11.1 Å². The number of sulfonamides is 1. The molecule has 0 aliphatic carbocycles. The smallest absolute Gasteiger partial charge is 0.381 e. The van der Waals surface area contributed by atoms with Crippen molar-refractivity contribution >= 4 is 21.5 Å². The van der Waals surface area contributed by atoms with Crippen molar-refractivity contribution in [2.75, 3.05) is 10.5 Å². The second-order valence-electron chi connectivity index (χ2n) is 4.20. The quantitative estimate of drug-likeness (QED) is 0.902. The average Bonchev–Trinajstić information content (AvgIpc) is 2.68. The Kier molecular flexibility index (Phi) is 3.58. The lowest BCUT2D eigenvalue weighted by Gasteiger charge is -2.14. The monoisotopic (exact) mass is 320 g/mol. The van der Waals surface area contributed by atoms with Crippen LogP contribution in [-0.4, -0.2) is 18.2 Å². The van der Waals surface area contributed by atoms with Crippen LogP contribution in [0.2, 0.25) is 0 Å². The Labute approximate surface area is 118 Å². The third-order valence-corrected chi connectivity index (χ3v) is 3.97. The number of alkyl halides is 3. The number of aryl methyl sites for hydroxylation is 1. The van der Waals surface area contributed by atoms with E-state index in [1.54, 1.807) is 0 Å². The minimum Gasteiger partial charge on any atom is -0.381 e. The third-order valence-electron chi connectivity index (χ3n) is 2.59. The van der Waals surface area contributed by atoms with Crippen LogP contribution in [0.5, 0.6) is 0 Å². The van der Waals surface area contributed by atoms with E-state index in [9.17, 15) is 21.6 Å². The topological polar surface area (TPSA) is 90.0 Å². The molecule has 1 aromatic heterocycles. The summed E-state index contributed by atoms with van der Waals surface area (Å²) in [5.74, 6) is -0.297. The van der Waals surface area contributed by atoms with E-state index in [-0.39, 0.29) is 10.7 Å². The van der Waals surface area contributed by atoms with Gasteiger partial charge in [-0.1, -0.05) is 12.1 Å². The van der Waals surface area contributed by atoms with Crippen LogP contribution in [0.1, 0.15) is 5.56 Å². The van der Waals surface area contributed by atoms with Crippen molar-refractivity contribution in [3.05, 3.63) is 36.0 Å². The highest BCUT2D eigenvalue weighted by atomic mass is 32.2. The summed E-state index contributed by atoms with van der Waals surface area (Å²) in [6.07, 6.45) is -3.58. The number of aromatic nitrogens is 2. The van der Waals surface area contributed by atoms with Gasteiger partial charge >= 0.3 is 6.18 Å². The highest BCUT2D eigenvalue weighted by molar-refractivity contribution is 7.92. The fraction of sp³-hybridized carbons (Fsp3) is 0.182. The zero-order valence-corrected chi connectivity index (χ0v) is 11.5. The Morgan fingerprint density at radius 3 is 2.43 bits per heavy atom. The Morgan fingerprint density at radius 1 is 1.29 bits per heavy atom. The molecule has 0 fully saturated rings. The summed E-state index contributed by atoms with van der Waals surface area (Å²) in [5.41, 5.74) is 3.77. The normalized spacial score (nSPS) is 12.4. The summed E-state index contributed by atoms with van der Waals surface area (Å²) in [6.45, 7) is 0. The summed E-state index contributed by atoms with van der Waals surface area (Å²) in [6, 6.07) is 4.26. The molecule has 0 spiro atoms.